The van der Waals surface area contributed by atoms with Crippen molar-refractivity contribution in [3.8, 4) is 0 Å². The number of hydrogen-bond acceptors (Lipinski definition) is 4. The van der Waals surface area contributed by atoms with Crippen LogP contribution < -0.4 is 5.56 Å². The summed E-state index contributed by atoms with van der Waals surface area (Å²) in [5.41, 5.74) is 1.22. The van der Waals surface area contributed by atoms with E-state index in [0.717, 1.165) is 29.7 Å². The third-order valence-electron chi connectivity index (χ3n) is 3.48. The number of thiophene rings is 1. The van der Waals surface area contributed by atoms with E-state index in [1.807, 2.05) is 0 Å². The molecular weight excluding hydrogens is 278 g/mol. The molecule has 0 aromatic carbocycles. The largest absolute Gasteiger partial charge is 0.323 e. The molecule has 0 saturated heterocycles. The van der Waals surface area contributed by atoms with Gasteiger partial charge in [0.15, 0.2) is 4.77 Å². The molecule has 0 atom stereocenters. The van der Waals surface area contributed by atoms with Crippen LogP contribution in [-0.2, 0) is 19.5 Å². The Morgan fingerprint density at radius 3 is 3.11 bits per heavy atom. The highest BCUT2D eigenvalue weighted by molar-refractivity contribution is 7.71. The van der Waals surface area contributed by atoms with E-state index in [4.69, 9.17) is 12.2 Å². The van der Waals surface area contributed by atoms with Crippen LogP contribution in [0.4, 0.5) is 0 Å². The van der Waals surface area contributed by atoms with E-state index in [2.05, 4.69) is 23.5 Å². The zero-order valence-electron chi connectivity index (χ0n) is 10.7. The van der Waals surface area contributed by atoms with Crippen molar-refractivity contribution in [1.82, 2.24) is 14.5 Å². The van der Waals surface area contributed by atoms with Gasteiger partial charge in [0, 0.05) is 24.5 Å². The molecule has 1 aliphatic rings. The second kappa shape index (κ2) is 4.70. The molecule has 0 amide bonds. The van der Waals surface area contributed by atoms with Crippen LogP contribution in [0.25, 0.3) is 10.2 Å². The summed E-state index contributed by atoms with van der Waals surface area (Å²) in [6.07, 6.45) is 2.63. The number of nitrogens with zero attached hydrogens (tertiary/aromatic N) is 2. The molecule has 3 heterocycles. The van der Waals surface area contributed by atoms with E-state index in [1.54, 1.807) is 22.0 Å². The van der Waals surface area contributed by atoms with Crippen molar-refractivity contribution in [1.29, 1.82) is 0 Å². The van der Waals surface area contributed by atoms with Crippen molar-refractivity contribution in [2.75, 3.05) is 13.6 Å². The highest BCUT2D eigenvalue weighted by atomic mass is 32.1. The number of fused-ring (bicyclic) bond motifs is 3. The van der Waals surface area contributed by atoms with E-state index >= 15 is 0 Å². The average molecular weight is 293 g/mol. The van der Waals surface area contributed by atoms with Crippen molar-refractivity contribution < 1.29 is 0 Å². The summed E-state index contributed by atoms with van der Waals surface area (Å²) >= 11 is 6.91. The maximum atomic E-state index is 12.6. The van der Waals surface area contributed by atoms with Crippen molar-refractivity contribution in [2.45, 2.75) is 19.5 Å². The molecule has 3 rings (SSSR count). The van der Waals surface area contributed by atoms with Crippen molar-refractivity contribution in [2.24, 2.45) is 0 Å². The molecule has 0 spiro atoms. The monoisotopic (exact) mass is 293 g/mol. The zero-order chi connectivity index (χ0) is 13.6. The molecule has 0 saturated carbocycles. The number of nitrogens with one attached hydrogen (secondary N) is 1. The summed E-state index contributed by atoms with van der Waals surface area (Å²) in [5, 5.41) is 0.823. The van der Waals surface area contributed by atoms with E-state index < -0.39 is 0 Å². The lowest BCUT2D eigenvalue weighted by Crippen LogP contribution is -2.27. The molecule has 0 bridgehead atoms. The maximum absolute atomic E-state index is 12.6. The number of hydrogen-bond donors (Lipinski definition) is 1. The Morgan fingerprint density at radius 1 is 1.58 bits per heavy atom. The number of aromatic nitrogens is 2. The van der Waals surface area contributed by atoms with Crippen LogP contribution in [0.1, 0.15) is 10.4 Å². The summed E-state index contributed by atoms with van der Waals surface area (Å²) in [4.78, 5) is 20.2. The molecule has 0 aliphatic carbocycles. The first kappa shape index (κ1) is 12.8. The number of aromatic amines is 1. The van der Waals surface area contributed by atoms with Gasteiger partial charge in [-0.25, -0.2) is 0 Å². The Bertz CT molecular complexity index is 769. The third kappa shape index (κ3) is 2.00. The first-order valence-electron chi connectivity index (χ1n) is 6.18. The van der Waals surface area contributed by atoms with E-state index in [1.165, 1.54) is 10.4 Å². The van der Waals surface area contributed by atoms with Gasteiger partial charge >= 0.3 is 0 Å². The molecule has 0 fully saturated rings. The summed E-state index contributed by atoms with van der Waals surface area (Å²) < 4.78 is 2.06. The Balaban J connectivity index is 2.33. The number of allylic oxidation sites excluding steroid dienone is 1. The van der Waals surface area contributed by atoms with Crippen LogP contribution in [-0.4, -0.2) is 28.0 Å². The lowest BCUT2D eigenvalue weighted by atomic mass is 10.1. The Kier molecular flexibility index (Phi) is 3.16. The highest BCUT2D eigenvalue weighted by Crippen LogP contribution is 2.31. The predicted octanol–water partition coefficient (Wildman–Crippen LogP) is 2.29. The molecular formula is C13H15N3OS2. The first-order valence-corrected chi connectivity index (χ1v) is 7.41. The van der Waals surface area contributed by atoms with Crippen LogP contribution in [0.3, 0.4) is 0 Å². The fourth-order valence-electron chi connectivity index (χ4n) is 2.53. The molecule has 6 heteroatoms. The Hall–Kier alpha value is -1.24. The molecule has 2 aromatic heterocycles. The summed E-state index contributed by atoms with van der Waals surface area (Å²) in [7, 11) is 2.10. The third-order valence-corrected chi connectivity index (χ3v) is 4.94. The molecule has 1 aliphatic heterocycles. The molecule has 4 nitrogen and oxygen atoms in total. The van der Waals surface area contributed by atoms with Crippen LogP contribution >= 0.6 is 23.6 Å². The SMILES string of the molecule is C=CCn1c(=S)[nH]c2sc3c(c2c1=O)CCN(C)C3. The van der Waals surface area contributed by atoms with Gasteiger partial charge in [0.25, 0.3) is 5.56 Å². The van der Waals surface area contributed by atoms with Crippen LogP contribution in [0.15, 0.2) is 17.4 Å². The molecule has 1 N–H and O–H groups in total. The van der Waals surface area contributed by atoms with E-state index in [9.17, 15) is 4.79 Å². The summed E-state index contributed by atoms with van der Waals surface area (Å²) in [6.45, 7) is 6.04. The Morgan fingerprint density at radius 2 is 2.37 bits per heavy atom. The van der Waals surface area contributed by atoms with Crippen molar-refractivity contribution >= 4 is 33.8 Å². The van der Waals surface area contributed by atoms with E-state index in [-0.39, 0.29) is 5.56 Å². The van der Waals surface area contributed by atoms with Crippen molar-refractivity contribution in [3.63, 3.8) is 0 Å². The van der Waals surface area contributed by atoms with Gasteiger partial charge in [-0.05, 0) is 31.2 Å². The standard InChI is InChI=1S/C13H15N3OS2/c1-3-5-16-12(17)10-8-4-6-15(2)7-9(8)19-11(10)14-13(16)18/h3H,1,4-7H2,2H3,(H,14,18). The quantitative estimate of drug-likeness (QED) is 0.682. The smallest absolute Gasteiger partial charge is 0.263 e. The van der Waals surface area contributed by atoms with Gasteiger partial charge in [-0.1, -0.05) is 6.08 Å². The highest BCUT2D eigenvalue weighted by Gasteiger charge is 2.21. The lowest BCUT2D eigenvalue weighted by Gasteiger charge is -2.21. The minimum absolute atomic E-state index is 0.0145. The summed E-state index contributed by atoms with van der Waals surface area (Å²) in [6, 6.07) is 0. The Labute approximate surface area is 120 Å². The zero-order valence-corrected chi connectivity index (χ0v) is 12.4. The second-order valence-corrected chi connectivity index (χ2v) is 6.32. The first-order chi connectivity index (χ1) is 9.11. The fraction of sp³-hybridized carbons (Fsp3) is 0.385. The minimum Gasteiger partial charge on any atom is -0.323 e. The summed E-state index contributed by atoms with van der Waals surface area (Å²) in [5.74, 6) is 0. The average Bonchev–Trinajstić information content (AvgIpc) is 2.71. The van der Waals surface area contributed by atoms with Crippen LogP contribution in [0, 0.1) is 4.77 Å². The van der Waals surface area contributed by atoms with E-state index in [0.29, 0.717) is 11.3 Å². The normalized spacial score (nSPS) is 15.6. The van der Waals surface area contributed by atoms with Crippen LogP contribution in [0.5, 0.6) is 0 Å². The molecule has 19 heavy (non-hydrogen) atoms. The van der Waals surface area contributed by atoms with Gasteiger partial charge < -0.3 is 9.88 Å². The lowest BCUT2D eigenvalue weighted by molar-refractivity contribution is 0.318. The van der Waals surface area contributed by atoms with Crippen molar-refractivity contribution in [3.05, 3.63) is 38.2 Å². The fourth-order valence-corrected chi connectivity index (χ4v) is 4.18. The van der Waals surface area contributed by atoms with Gasteiger partial charge in [0.2, 0.25) is 0 Å². The molecule has 2 aromatic rings. The molecule has 100 valence electrons. The number of H-pyrrole nitrogens is 1. The predicted molar refractivity (Wildman–Crippen MR) is 81.5 cm³/mol. The van der Waals surface area contributed by atoms with Gasteiger partial charge in [0.05, 0.1) is 5.39 Å². The van der Waals surface area contributed by atoms with Crippen LogP contribution in [0.2, 0.25) is 0 Å². The molecule has 0 unspecified atom stereocenters. The van der Waals surface area contributed by atoms with Gasteiger partial charge in [0.1, 0.15) is 4.83 Å². The van der Waals surface area contributed by atoms with Gasteiger partial charge in [-0.3, -0.25) is 9.36 Å². The topological polar surface area (TPSA) is 41.0 Å². The minimum atomic E-state index is 0.0145. The second-order valence-electron chi connectivity index (χ2n) is 4.83. The number of likely N-dealkylation sites (N-methyl/N-ethyl adjacent to an activating group) is 1. The van der Waals surface area contributed by atoms with Gasteiger partial charge in [-0.2, -0.15) is 0 Å². The molecule has 0 radical (unpaired) electrons. The van der Waals surface area contributed by atoms with Gasteiger partial charge in [-0.15, -0.1) is 17.9 Å². The number of rotatable bonds is 2. The maximum Gasteiger partial charge on any atom is 0.263 e.